The molecular formula is C11H14ClN3O4. The highest BCUT2D eigenvalue weighted by molar-refractivity contribution is 6.33. The Morgan fingerprint density at radius 1 is 1.63 bits per heavy atom. The number of anilines is 1. The fraction of sp³-hybridized carbons (Fsp3) is 0.455. The minimum Gasteiger partial charge on any atom is -0.468 e. The third kappa shape index (κ3) is 3.78. The molecule has 0 N–H and O–H groups in total. The van der Waals surface area contributed by atoms with E-state index < -0.39 is 10.9 Å². The molecule has 0 aliphatic rings. The molecule has 19 heavy (non-hydrogen) atoms. The van der Waals surface area contributed by atoms with E-state index in [1.165, 1.54) is 13.2 Å². The number of aromatic nitrogens is 1. The van der Waals surface area contributed by atoms with Gasteiger partial charge in [-0.25, -0.2) is 4.98 Å². The molecule has 104 valence electrons. The third-order valence-electron chi connectivity index (χ3n) is 2.44. The van der Waals surface area contributed by atoms with Crippen molar-refractivity contribution in [2.24, 2.45) is 0 Å². The normalized spacial score (nSPS) is 10.4. The van der Waals surface area contributed by atoms with Gasteiger partial charge in [-0.05, 0) is 13.8 Å². The van der Waals surface area contributed by atoms with Gasteiger partial charge < -0.3 is 9.64 Å². The van der Waals surface area contributed by atoms with Gasteiger partial charge in [-0.15, -0.1) is 0 Å². The van der Waals surface area contributed by atoms with Crippen LogP contribution in [-0.4, -0.2) is 35.6 Å². The number of halogens is 1. The maximum absolute atomic E-state index is 11.3. The van der Waals surface area contributed by atoms with Crippen molar-refractivity contribution < 1.29 is 14.5 Å². The van der Waals surface area contributed by atoms with Crippen molar-refractivity contribution in [1.82, 2.24) is 4.98 Å². The lowest BCUT2D eigenvalue weighted by atomic mass is 10.3. The molecule has 0 aliphatic heterocycles. The van der Waals surface area contributed by atoms with Gasteiger partial charge in [0.15, 0.2) is 0 Å². The molecule has 1 rings (SSSR count). The van der Waals surface area contributed by atoms with Gasteiger partial charge in [-0.1, -0.05) is 11.6 Å². The zero-order valence-electron chi connectivity index (χ0n) is 10.8. The summed E-state index contributed by atoms with van der Waals surface area (Å²) in [7, 11) is 1.28. The van der Waals surface area contributed by atoms with Crippen LogP contribution in [0.3, 0.4) is 0 Å². The second-order valence-corrected chi connectivity index (χ2v) is 4.46. The molecule has 0 spiro atoms. The Hall–Kier alpha value is -1.89. The first-order chi connectivity index (χ1) is 8.86. The first kappa shape index (κ1) is 15.2. The topological polar surface area (TPSA) is 85.6 Å². The van der Waals surface area contributed by atoms with Crippen LogP contribution in [0, 0.1) is 10.1 Å². The van der Waals surface area contributed by atoms with Gasteiger partial charge in [0.2, 0.25) is 0 Å². The summed E-state index contributed by atoms with van der Waals surface area (Å²) in [6.45, 7) is 3.67. The summed E-state index contributed by atoms with van der Waals surface area (Å²) in [4.78, 5) is 26.9. The zero-order valence-corrected chi connectivity index (χ0v) is 11.5. The van der Waals surface area contributed by atoms with Gasteiger partial charge in [0.1, 0.15) is 18.6 Å². The molecular weight excluding hydrogens is 274 g/mol. The maximum Gasteiger partial charge on any atom is 0.325 e. The molecule has 8 heteroatoms. The van der Waals surface area contributed by atoms with Crippen LogP contribution in [0.1, 0.15) is 13.8 Å². The van der Waals surface area contributed by atoms with Gasteiger partial charge in [0, 0.05) is 12.1 Å². The first-order valence-corrected chi connectivity index (χ1v) is 5.88. The Morgan fingerprint density at radius 2 is 2.26 bits per heavy atom. The Morgan fingerprint density at radius 3 is 2.68 bits per heavy atom. The quantitative estimate of drug-likeness (QED) is 0.468. The van der Waals surface area contributed by atoms with Crippen LogP contribution in [-0.2, 0) is 9.53 Å². The highest BCUT2D eigenvalue weighted by atomic mass is 35.5. The summed E-state index contributed by atoms with van der Waals surface area (Å²) in [6, 6.07) is 1.14. The highest BCUT2D eigenvalue weighted by Crippen LogP contribution is 2.28. The highest BCUT2D eigenvalue weighted by Gasteiger charge is 2.21. The van der Waals surface area contributed by atoms with E-state index >= 15 is 0 Å². The second-order valence-electron chi connectivity index (χ2n) is 4.05. The van der Waals surface area contributed by atoms with Crippen LogP contribution in [0.25, 0.3) is 0 Å². The van der Waals surface area contributed by atoms with Crippen molar-refractivity contribution in [2.75, 3.05) is 18.6 Å². The van der Waals surface area contributed by atoms with Crippen LogP contribution in [0.2, 0.25) is 5.02 Å². The van der Waals surface area contributed by atoms with E-state index in [-0.39, 0.29) is 23.3 Å². The molecule has 0 unspecified atom stereocenters. The molecule has 0 saturated heterocycles. The third-order valence-corrected chi connectivity index (χ3v) is 2.72. The van der Waals surface area contributed by atoms with Gasteiger partial charge >= 0.3 is 5.97 Å². The molecule has 0 atom stereocenters. The molecule has 0 radical (unpaired) electrons. The molecule has 0 bridgehead atoms. The number of rotatable bonds is 5. The number of hydrogen-bond acceptors (Lipinski definition) is 6. The van der Waals surface area contributed by atoms with Gasteiger partial charge in [0.25, 0.3) is 5.69 Å². The Kier molecular flexibility index (Phi) is 5.05. The molecule has 7 nitrogen and oxygen atoms in total. The molecule has 0 aliphatic carbocycles. The number of pyridine rings is 1. The predicted molar refractivity (Wildman–Crippen MR) is 70.4 cm³/mol. The summed E-state index contributed by atoms with van der Waals surface area (Å²) >= 11 is 5.98. The molecule has 0 aromatic carbocycles. The van der Waals surface area contributed by atoms with Gasteiger partial charge in [-0.3, -0.25) is 14.9 Å². The minimum absolute atomic E-state index is 0.0291. The zero-order chi connectivity index (χ0) is 14.6. The number of nitrogens with zero attached hydrogens (tertiary/aromatic N) is 3. The number of ether oxygens (including phenoxy) is 1. The van der Waals surface area contributed by atoms with Gasteiger partial charge in [-0.2, -0.15) is 0 Å². The lowest BCUT2D eigenvalue weighted by molar-refractivity contribution is -0.385. The first-order valence-electron chi connectivity index (χ1n) is 5.50. The maximum atomic E-state index is 11.3. The van der Waals surface area contributed by atoms with Crippen LogP contribution in [0.4, 0.5) is 11.5 Å². The largest absolute Gasteiger partial charge is 0.468 e. The van der Waals surface area contributed by atoms with Crippen LogP contribution < -0.4 is 4.90 Å². The minimum atomic E-state index is -0.581. The number of nitro groups is 1. The number of carbonyl (C=O) groups is 1. The molecule has 0 fully saturated rings. The van der Waals surface area contributed by atoms with Crippen LogP contribution >= 0.6 is 11.6 Å². The SMILES string of the molecule is COC(=O)CN(c1ncc([N+](=O)[O-])cc1Cl)C(C)C. The predicted octanol–water partition coefficient (Wildman–Crippen LogP) is 2.03. The number of esters is 1. The number of carbonyl (C=O) groups excluding carboxylic acids is 1. The smallest absolute Gasteiger partial charge is 0.325 e. The molecule has 1 aromatic heterocycles. The summed E-state index contributed by atoms with van der Waals surface area (Å²) in [6.07, 6.45) is 1.11. The van der Waals surface area contributed by atoms with E-state index in [9.17, 15) is 14.9 Å². The van der Waals surface area contributed by atoms with Crippen molar-refractivity contribution in [3.63, 3.8) is 0 Å². The summed E-state index contributed by atoms with van der Waals surface area (Å²) in [5.74, 6) is -0.127. The van der Waals surface area contributed by atoms with Crippen molar-refractivity contribution in [1.29, 1.82) is 0 Å². The number of methoxy groups -OCH3 is 1. The van der Waals surface area contributed by atoms with E-state index in [1.807, 2.05) is 13.8 Å². The summed E-state index contributed by atoms with van der Waals surface area (Å²) in [5, 5.41) is 10.7. The second kappa shape index (κ2) is 6.33. The fourth-order valence-electron chi connectivity index (χ4n) is 1.44. The van der Waals surface area contributed by atoms with E-state index in [0.717, 1.165) is 6.20 Å². The van der Waals surface area contributed by atoms with Crippen LogP contribution in [0.15, 0.2) is 12.3 Å². The Balaban J connectivity index is 3.09. The number of hydrogen-bond donors (Lipinski definition) is 0. The van der Waals surface area contributed by atoms with Crippen molar-refractivity contribution >= 4 is 29.1 Å². The lowest BCUT2D eigenvalue weighted by Crippen LogP contribution is -2.37. The monoisotopic (exact) mass is 287 g/mol. The van der Waals surface area contributed by atoms with Crippen molar-refractivity contribution in [3.8, 4) is 0 Å². The Labute approximate surface area is 115 Å². The Bertz CT molecular complexity index is 493. The van der Waals surface area contributed by atoms with Crippen molar-refractivity contribution in [3.05, 3.63) is 27.4 Å². The van der Waals surface area contributed by atoms with E-state index in [0.29, 0.717) is 5.82 Å². The average molecular weight is 288 g/mol. The van der Waals surface area contributed by atoms with E-state index in [2.05, 4.69) is 9.72 Å². The van der Waals surface area contributed by atoms with Crippen molar-refractivity contribution in [2.45, 2.75) is 19.9 Å². The fourth-order valence-corrected chi connectivity index (χ4v) is 1.71. The average Bonchev–Trinajstić information content (AvgIpc) is 2.35. The molecule has 0 amide bonds. The van der Waals surface area contributed by atoms with Crippen LogP contribution in [0.5, 0.6) is 0 Å². The van der Waals surface area contributed by atoms with E-state index in [1.54, 1.807) is 4.90 Å². The lowest BCUT2D eigenvalue weighted by Gasteiger charge is -2.27. The molecule has 0 saturated carbocycles. The molecule has 1 aromatic rings. The molecule has 1 heterocycles. The van der Waals surface area contributed by atoms with Gasteiger partial charge in [0.05, 0.1) is 17.1 Å². The summed E-state index contributed by atoms with van der Waals surface area (Å²) < 4.78 is 4.59. The summed E-state index contributed by atoms with van der Waals surface area (Å²) in [5.41, 5.74) is -0.199. The standard InChI is InChI=1S/C11H14ClN3O4/c1-7(2)14(6-10(16)19-3)11-9(12)4-8(5-13-11)15(17)18/h4-5,7H,6H2,1-3H3. The van der Waals surface area contributed by atoms with E-state index in [4.69, 9.17) is 11.6 Å².